The highest BCUT2D eigenvalue weighted by molar-refractivity contribution is 5.72. The van der Waals surface area contributed by atoms with Crippen LogP contribution in [0.4, 0.5) is 0 Å². The number of esters is 1. The molecule has 0 radical (unpaired) electrons. The van der Waals surface area contributed by atoms with Gasteiger partial charge in [-0.2, -0.15) is 0 Å². The molecule has 0 aliphatic rings. The Hall–Kier alpha value is -1.40. The Labute approximate surface area is 278 Å². The number of hydrogen-bond acceptors (Lipinski definition) is 5. The van der Waals surface area contributed by atoms with Crippen LogP contribution in [0.1, 0.15) is 200 Å². The molecular weight excluding hydrogens is 564 g/mol. The lowest BCUT2D eigenvalue weighted by Gasteiger charge is -2.17. The van der Waals surface area contributed by atoms with E-state index in [-0.39, 0.29) is 25.1 Å². The molecule has 6 heteroatoms. The molecule has 0 aliphatic heterocycles. The van der Waals surface area contributed by atoms with Gasteiger partial charge in [0, 0.05) is 6.42 Å². The fraction of sp³-hybridized carbons (Fsp3) is 0.897. The molecule has 0 rings (SSSR count). The molecular formula is C39H74O6. The Kier molecular flexibility index (Phi) is 34.4. The number of rotatable bonds is 36. The standard InChI is InChI=1S/C39H74O6/c1-2-3-4-5-6-7-8-9-13-16-19-22-25-28-31-36(39(44)45-35-37(41)34-40)32-29-26-23-20-17-14-11-10-12-15-18-21-24-27-30-33-38(42)43/h9,13,36-37,40-41H,2-8,10-12,14-35H2,1H3,(H,42,43)/b13-9-. The van der Waals surface area contributed by atoms with Crippen LogP contribution in [0.15, 0.2) is 12.2 Å². The molecule has 0 spiro atoms. The van der Waals surface area contributed by atoms with Gasteiger partial charge in [0.15, 0.2) is 0 Å². The van der Waals surface area contributed by atoms with Gasteiger partial charge in [-0.1, -0.05) is 160 Å². The number of carboxylic acid groups (broad SMARTS) is 1. The first kappa shape index (κ1) is 43.6. The van der Waals surface area contributed by atoms with E-state index in [0.29, 0.717) is 6.42 Å². The van der Waals surface area contributed by atoms with Gasteiger partial charge in [0.1, 0.15) is 12.7 Å². The van der Waals surface area contributed by atoms with Gasteiger partial charge in [-0.3, -0.25) is 9.59 Å². The average Bonchev–Trinajstić information content (AvgIpc) is 3.03. The molecule has 2 atom stereocenters. The van der Waals surface area contributed by atoms with Crippen LogP contribution in [0.25, 0.3) is 0 Å². The molecule has 6 nitrogen and oxygen atoms in total. The van der Waals surface area contributed by atoms with Crippen molar-refractivity contribution in [3.63, 3.8) is 0 Å². The molecule has 0 saturated carbocycles. The van der Waals surface area contributed by atoms with Crippen LogP contribution in [-0.2, 0) is 14.3 Å². The highest BCUT2D eigenvalue weighted by atomic mass is 16.5. The summed E-state index contributed by atoms with van der Waals surface area (Å²) >= 11 is 0. The van der Waals surface area contributed by atoms with E-state index in [1.807, 2.05) is 0 Å². The van der Waals surface area contributed by atoms with Crippen LogP contribution < -0.4 is 0 Å². The van der Waals surface area contributed by atoms with Gasteiger partial charge in [0.2, 0.25) is 0 Å². The van der Waals surface area contributed by atoms with Gasteiger partial charge >= 0.3 is 11.9 Å². The van der Waals surface area contributed by atoms with Crippen LogP contribution in [0.2, 0.25) is 0 Å². The summed E-state index contributed by atoms with van der Waals surface area (Å²) in [6.45, 7) is 1.76. The van der Waals surface area contributed by atoms with Crippen LogP contribution in [0, 0.1) is 5.92 Å². The van der Waals surface area contributed by atoms with Crippen molar-refractivity contribution in [2.75, 3.05) is 13.2 Å². The molecule has 0 saturated heterocycles. The first-order valence-corrected chi connectivity index (χ1v) is 19.3. The van der Waals surface area contributed by atoms with Crippen molar-refractivity contribution in [2.45, 2.75) is 206 Å². The summed E-state index contributed by atoms with van der Waals surface area (Å²) in [5.74, 6) is -0.987. The fourth-order valence-electron chi connectivity index (χ4n) is 5.98. The Balaban J connectivity index is 3.87. The minimum atomic E-state index is -0.995. The maximum absolute atomic E-state index is 12.7. The van der Waals surface area contributed by atoms with E-state index in [1.165, 1.54) is 128 Å². The van der Waals surface area contributed by atoms with Gasteiger partial charge in [0.25, 0.3) is 0 Å². The number of unbranched alkanes of at least 4 members (excludes halogenated alkanes) is 24. The molecule has 0 fully saturated rings. The van der Waals surface area contributed by atoms with E-state index < -0.39 is 12.1 Å². The van der Waals surface area contributed by atoms with Gasteiger partial charge in [-0.05, 0) is 44.9 Å². The number of carbonyl (C=O) groups is 2. The molecule has 0 bridgehead atoms. The lowest BCUT2D eigenvalue weighted by Crippen LogP contribution is -2.25. The summed E-state index contributed by atoms with van der Waals surface area (Å²) < 4.78 is 5.34. The van der Waals surface area contributed by atoms with Gasteiger partial charge in [0.05, 0.1) is 12.5 Å². The number of carbonyl (C=O) groups excluding carboxylic acids is 1. The number of aliphatic carboxylic acids is 1. The van der Waals surface area contributed by atoms with Crippen molar-refractivity contribution in [3.05, 3.63) is 12.2 Å². The van der Waals surface area contributed by atoms with Crippen molar-refractivity contribution >= 4 is 11.9 Å². The predicted molar refractivity (Wildman–Crippen MR) is 189 cm³/mol. The lowest BCUT2D eigenvalue weighted by atomic mass is 9.94. The Morgan fingerprint density at radius 3 is 1.36 bits per heavy atom. The second kappa shape index (κ2) is 35.5. The Morgan fingerprint density at radius 1 is 0.578 bits per heavy atom. The molecule has 0 aromatic carbocycles. The van der Waals surface area contributed by atoms with E-state index in [4.69, 9.17) is 14.9 Å². The monoisotopic (exact) mass is 639 g/mol. The highest BCUT2D eigenvalue weighted by Gasteiger charge is 2.20. The third kappa shape index (κ3) is 33.8. The second-order valence-corrected chi connectivity index (χ2v) is 13.4. The minimum Gasteiger partial charge on any atom is -0.481 e. The zero-order chi connectivity index (χ0) is 33.1. The topological polar surface area (TPSA) is 104 Å². The lowest BCUT2D eigenvalue weighted by molar-refractivity contribution is -0.152. The maximum atomic E-state index is 12.7. The minimum absolute atomic E-state index is 0.0992. The predicted octanol–water partition coefficient (Wildman–Crippen LogP) is 10.9. The van der Waals surface area contributed by atoms with Crippen LogP contribution in [0.3, 0.4) is 0 Å². The number of ether oxygens (including phenoxy) is 1. The van der Waals surface area contributed by atoms with E-state index in [9.17, 15) is 14.7 Å². The van der Waals surface area contributed by atoms with E-state index in [1.54, 1.807) is 0 Å². The maximum Gasteiger partial charge on any atom is 0.309 e. The summed E-state index contributed by atoms with van der Waals surface area (Å²) in [7, 11) is 0. The molecule has 2 unspecified atom stereocenters. The van der Waals surface area contributed by atoms with Crippen molar-refractivity contribution in [1.82, 2.24) is 0 Å². The largest absolute Gasteiger partial charge is 0.481 e. The summed E-state index contributed by atoms with van der Waals surface area (Å²) in [6, 6.07) is 0. The Morgan fingerprint density at radius 2 is 0.956 bits per heavy atom. The molecule has 45 heavy (non-hydrogen) atoms. The number of hydrogen-bond donors (Lipinski definition) is 3. The molecule has 266 valence electrons. The van der Waals surface area contributed by atoms with Crippen LogP contribution >= 0.6 is 0 Å². The third-order valence-corrected chi connectivity index (χ3v) is 8.97. The summed E-state index contributed by atoms with van der Waals surface area (Å²) in [5.41, 5.74) is 0. The molecule has 0 aliphatic carbocycles. The quantitative estimate of drug-likeness (QED) is 0.0358. The molecule has 0 amide bonds. The van der Waals surface area contributed by atoms with Crippen molar-refractivity contribution < 1.29 is 29.6 Å². The van der Waals surface area contributed by atoms with Crippen molar-refractivity contribution in [2.24, 2.45) is 5.92 Å². The molecule has 0 heterocycles. The first-order chi connectivity index (χ1) is 22.0. The molecule has 0 aromatic heterocycles. The average molecular weight is 639 g/mol. The Bertz CT molecular complexity index is 664. The number of aliphatic hydroxyl groups excluding tert-OH is 2. The first-order valence-electron chi connectivity index (χ1n) is 19.3. The summed E-state index contributed by atoms with van der Waals surface area (Å²) in [4.78, 5) is 23.2. The third-order valence-electron chi connectivity index (χ3n) is 8.97. The van der Waals surface area contributed by atoms with E-state index in [2.05, 4.69) is 19.1 Å². The zero-order valence-electron chi connectivity index (χ0n) is 29.5. The fourth-order valence-corrected chi connectivity index (χ4v) is 5.98. The molecule has 3 N–H and O–H groups in total. The number of aliphatic hydroxyl groups is 2. The summed E-state index contributed by atoms with van der Waals surface area (Å²) in [6.07, 6.45) is 38.9. The van der Waals surface area contributed by atoms with Gasteiger partial charge in [-0.25, -0.2) is 0 Å². The van der Waals surface area contributed by atoms with Crippen LogP contribution in [0.5, 0.6) is 0 Å². The molecule has 0 aromatic rings. The highest BCUT2D eigenvalue weighted by Crippen LogP contribution is 2.21. The van der Waals surface area contributed by atoms with Crippen molar-refractivity contribution in [1.29, 1.82) is 0 Å². The summed E-state index contributed by atoms with van der Waals surface area (Å²) in [5, 5.41) is 27.3. The number of carboxylic acids is 1. The van der Waals surface area contributed by atoms with Crippen molar-refractivity contribution in [3.8, 4) is 0 Å². The normalized spacial score (nSPS) is 13.0. The van der Waals surface area contributed by atoms with Crippen LogP contribution in [-0.4, -0.2) is 46.6 Å². The zero-order valence-corrected chi connectivity index (χ0v) is 29.5. The SMILES string of the molecule is CCCCCCCC/C=C\CCCCCCC(CCCCCCCCCCCCCCCCCC(=O)O)C(=O)OCC(O)CO. The number of allylic oxidation sites excluding steroid dienone is 2. The second-order valence-electron chi connectivity index (χ2n) is 13.4. The smallest absolute Gasteiger partial charge is 0.309 e. The van der Waals surface area contributed by atoms with Gasteiger partial charge in [-0.15, -0.1) is 0 Å². The van der Waals surface area contributed by atoms with Gasteiger partial charge < -0.3 is 20.1 Å². The van der Waals surface area contributed by atoms with E-state index in [0.717, 1.165) is 57.8 Å². The van der Waals surface area contributed by atoms with E-state index >= 15 is 0 Å².